The Morgan fingerprint density at radius 2 is 2.21 bits per heavy atom. The number of hydrogen-bond donors (Lipinski definition) is 3. The Labute approximate surface area is 83.5 Å². The molecule has 0 amide bonds. The topological polar surface area (TPSA) is 102 Å². The molecule has 5 heteroatoms. The van der Waals surface area contributed by atoms with Crippen LogP contribution in [-0.4, -0.2) is 29.0 Å². The van der Waals surface area contributed by atoms with Crippen LogP contribution in [-0.2, 0) is 4.79 Å². The molecule has 0 aromatic heterocycles. The molecule has 1 unspecified atom stereocenters. The number of nitrogens with two attached hydrogens (primary N) is 2. The fourth-order valence-electron chi connectivity index (χ4n) is 0.887. The summed E-state index contributed by atoms with van der Waals surface area (Å²) >= 11 is 0. The van der Waals surface area contributed by atoms with Crippen molar-refractivity contribution >= 4 is 11.8 Å². The first-order valence-corrected chi connectivity index (χ1v) is 4.38. The Balaban J connectivity index is 3.95. The summed E-state index contributed by atoms with van der Waals surface area (Å²) in [4.78, 5) is 14.4. The number of carbonyl (C=O) groups is 1. The van der Waals surface area contributed by atoms with Crippen molar-refractivity contribution in [2.75, 3.05) is 0 Å². The number of aliphatic carboxylic acids is 1. The van der Waals surface area contributed by atoms with Gasteiger partial charge < -0.3 is 16.6 Å². The predicted molar refractivity (Wildman–Crippen MR) is 56.1 cm³/mol. The van der Waals surface area contributed by atoms with Crippen molar-refractivity contribution in [1.82, 2.24) is 0 Å². The van der Waals surface area contributed by atoms with Crippen LogP contribution in [0.4, 0.5) is 0 Å². The zero-order valence-corrected chi connectivity index (χ0v) is 8.47. The van der Waals surface area contributed by atoms with Crippen LogP contribution in [0.3, 0.4) is 0 Å². The van der Waals surface area contributed by atoms with Crippen molar-refractivity contribution < 1.29 is 9.90 Å². The summed E-state index contributed by atoms with van der Waals surface area (Å²) in [5.74, 6) is -0.495. The molecule has 0 saturated carbocycles. The molecule has 0 heterocycles. The maximum absolute atomic E-state index is 10.3. The van der Waals surface area contributed by atoms with Gasteiger partial charge in [-0.25, -0.2) is 0 Å². The average Bonchev–Trinajstić information content (AvgIpc) is 2.02. The fourth-order valence-corrected chi connectivity index (χ4v) is 0.887. The Kier molecular flexibility index (Phi) is 5.55. The molecule has 0 saturated heterocycles. The Hall–Kier alpha value is -1.36. The molecule has 80 valence electrons. The first kappa shape index (κ1) is 12.6. The molecule has 5 nitrogen and oxygen atoms in total. The highest BCUT2D eigenvalue weighted by atomic mass is 16.4. The summed E-state index contributed by atoms with van der Waals surface area (Å²) in [6, 6.07) is -0.887. The number of carboxylic acid groups (broad SMARTS) is 1. The molecule has 0 aliphatic carbocycles. The molecule has 0 rings (SSSR count). The summed E-state index contributed by atoms with van der Waals surface area (Å²) in [5.41, 5.74) is 10.7. The molecular weight excluding hydrogens is 182 g/mol. The first-order chi connectivity index (χ1) is 6.43. The normalized spacial score (nSPS) is 16.9. The molecule has 0 aliphatic heterocycles. The molecule has 0 aromatic rings. The van der Waals surface area contributed by atoms with Crippen molar-refractivity contribution in [2.45, 2.75) is 32.4 Å². The Morgan fingerprint density at radius 3 is 2.64 bits per heavy atom. The standard InChI is InChI=1S/C9H17N3O2/c1-6(12-7(2)10)4-3-5-8(11)9(13)14/h3-4,6,8H,5,11H2,1-2H3,(H2,10,12)(H,13,14)/b4-3+/t6?,8-/m1/s1. The van der Waals surface area contributed by atoms with E-state index in [1.54, 1.807) is 19.1 Å². The average molecular weight is 199 g/mol. The number of hydrogen-bond acceptors (Lipinski definition) is 3. The molecule has 0 aliphatic rings. The maximum Gasteiger partial charge on any atom is 0.320 e. The lowest BCUT2D eigenvalue weighted by molar-refractivity contribution is -0.138. The number of aliphatic imine (C=N–C) groups is 1. The minimum absolute atomic E-state index is 0.0407. The molecule has 0 spiro atoms. The van der Waals surface area contributed by atoms with Gasteiger partial charge in [0.2, 0.25) is 0 Å². The van der Waals surface area contributed by atoms with Crippen LogP contribution in [0.15, 0.2) is 17.1 Å². The van der Waals surface area contributed by atoms with Crippen LogP contribution in [0.5, 0.6) is 0 Å². The molecule has 0 fully saturated rings. The van der Waals surface area contributed by atoms with Gasteiger partial charge >= 0.3 is 5.97 Å². The van der Waals surface area contributed by atoms with E-state index in [0.29, 0.717) is 12.3 Å². The van der Waals surface area contributed by atoms with Crippen molar-refractivity contribution in [3.05, 3.63) is 12.2 Å². The van der Waals surface area contributed by atoms with Crippen LogP contribution in [0.2, 0.25) is 0 Å². The summed E-state index contributed by atoms with van der Waals surface area (Å²) in [7, 11) is 0. The molecule has 14 heavy (non-hydrogen) atoms. The highest BCUT2D eigenvalue weighted by molar-refractivity contribution is 5.77. The molecule has 5 N–H and O–H groups in total. The zero-order chi connectivity index (χ0) is 11.1. The number of nitrogens with zero attached hydrogens (tertiary/aromatic N) is 1. The van der Waals surface area contributed by atoms with Crippen LogP contribution >= 0.6 is 0 Å². The van der Waals surface area contributed by atoms with Gasteiger partial charge in [0.1, 0.15) is 6.04 Å². The van der Waals surface area contributed by atoms with E-state index < -0.39 is 12.0 Å². The second-order valence-corrected chi connectivity index (χ2v) is 3.12. The summed E-state index contributed by atoms with van der Waals surface area (Å²) in [6.07, 6.45) is 3.79. The lowest BCUT2D eigenvalue weighted by atomic mass is 10.2. The van der Waals surface area contributed by atoms with E-state index in [1.165, 1.54) is 0 Å². The quantitative estimate of drug-likeness (QED) is 0.332. The largest absolute Gasteiger partial charge is 0.480 e. The molecule has 0 radical (unpaired) electrons. The predicted octanol–water partition coefficient (Wildman–Crippen LogP) is 0.110. The lowest BCUT2D eigenvalue weighted by Gasteiger charge is -2.02. The fraction of sp³-hybridized carbons (Fsp3) is 0.556. The van der Waals surface area contributed by atoms with Gasteiger partial charge in [0.25, 0.3) is 0 Å². The maximum atomic E-state index is 10.3. The first-order valence-electron chi connectivity index (χ1n) is 4.38. The number of rotatable bonds is 5. The van der Waals surface area contributed by atoms with Gasteiger partial charge in [0, 0.05) is 0 Å². The van der Waals surface area contributed by atoms with E-state index in [-0.39, 0.29) is 6.04 Å². The second-order valence-electron chi connectivity index (χ2n) is 3.12. The third-order valence-corrected chi connectivity index (χ3v) is 1.53. The monoisotopic (exact) mass is 199 g/mol. The van der Waals surface area contributed by atoms with Crippen molar-refractivity contribution in [3.8, 4) is 0 Å². The van der Waals surface area contributed by atoms with Crippen molar-refractivity contribution in [1.29, 1.82) is 0 Å². The van der Waals surface area contributed by atoms with E-state index in [2.05, 4.69) is 4.99 Å². The van der Waals surface area contributed by atoms with E-state index in [0.717, 1.165) is 0 Å². The molecule has 0 aromatic carbocycles. The van der Waals surface area contributed by atoms with Crippen molar-refractivity contribution in [3.63, 3.8) is 0 Å². The summed E-state index contributed by atoms with van der Waals surface area (Å²) < 4.78 is 0. The van der Waals surface area contributed by atoms with Crippen molar-refractivity contribution in [2.24, 2.45) is 16.5 Å². The number of amidine groups is 1. The van der Waals surface area contributed by atoms with Crippen LogP contribution in [0, 0.1) is 0 Å². The SMILES string of the molecule is CC(N)=NC(C)/C=C/C[C@@H](N)C(=O)O. The smallest absolute Gasteiger partial charge is 0.320 e. The van der Waals surface area contributed by atoms with Crippen LogP contribution in [0.1, 0.15) is 20.3 Å². The highest BCUT2D eigenvalue weighted by Gasteiger charge is 2.08. The summed E-state index contributed by atoms with van der Waals surface area (Å²) in [5, 5.41) is 8.49. The van der Waals surface area contributed by atoms with Gasteiger partial charge in [0.05, 0.1) is 11.9 Å². The van der Waals surface area contributed by atoms with Gasteiger partial charge in [-0.3, -0.25) is 9.79 Å². The second kappa shape index (κ2) is 6.15. The summed E-state index contributed by atoms with van der Waals surface area (Å²) in [6.45, 7) is 3.56. The van der Waals surface area contributed by atoms with E-state index in [9.17, 15) is 4.79 Å². The van der Waals surface area contributed by atoms with Crippen LogP contribution in [0.25, 0.3) is 0 Å². The lowest BCUT2D eigenvalue weighted by Crippen LogP contribution is -2.29. The highest BCUT2D eigenvalue weighted by Crippen LogP contribution is 1.96. The van der Waals surface area contributed by atoms with Gasteiger partial charge in [-0.2, -0.15) is 0 Å². The van der Waals surface area contributed by atoms with Gasteiger partial charge in [-0.1, -0.05) is 12.2 Å². The van der Waals surface area contributed by atoms with Crippen LogP contribution < -0.4 is 11.5 Å². The van der Waals surface area contributed by atoms with Gasteiger partial charge in [-0.05, 0) is 20.3 Å². The Bertz CT molecular complexity index is 244. The van der Waals surface area contributed by atoms with Gasteiger partial charge in [-0.15, -0.1) is 0 Å². The number of carboxylic acids is 1. The van der Waals surface area contributed by atoms with E-state index >= 15 is 0 Å². The Morgan fingerprint density at radius 1 is 1.64 bits per heavy atom. The third-order valence-electron chi connectivity index (χ3n) is 1.53. The molecule has 0 bridgehead atoms. The minimum Gasteiger partial charge on any atom is -0.480 e. The van der Waals surface area contributed by atoms with E-state index in [4.69, 9.17) is 16.6 Å². The molecule has 2 atom stereocenters. The molecular formula is C9H17N3O2. The van der Waals surface area contributed by atoms with Gasteiger partial charge in [0.15, 0.2) is 0 Å². The zero-order valence-electron chi connectivity index (χ0n) is 8.47. The van der Waals surface area contributed by atoms with E-state index in [1.807, 2.05) is 6.92 Å². The third kappa shape index (κ3) is 6.19. The minimum atomic E-state index is -0.999.